The fourth-order valence-corrected chi connectivity index (χ4v) is 3.43. The van der Waals surface area contributed by atoms with E-state index in [4.69, 9.17) is 9.15 Å². The number of nitrogens with one attached hydrogen (secondary N) is 2. The van der Waals surface area contributed by atoms with Crippen molar-refractivity contribution in [1.29, 1.82) is 0 Å². The van der Waals surface area contributed by atoms with Crippen LogP contribution < -0.4 is 15.4 Å². The van der Waals surface area contributed by atoms with Crippen LogP contribution in [0, 0.1) is 0 Å². The Balaban J connectivity index is 1.24. The second kappa shape index (κ2) is 7.71. The van der Waals surface area contributed by atoms with Gasteiger partial charge >= 0.3 is 0 Å². The Labute approximate surface area is 159 Å². The standard InChI is InChI=1S/C19H17N3O4S/c23-17-15(22-19(24)27-17)11-12-5-7-13(8-6-12)25-10-9-20-18-21-14-3-1-2-4-16(14)26-18/h1-8,15H,9-11H2,(H,20,21)(H,22,24). The van der Waals surface area contributed by atoms with E-state index in [2.05, 4.69) is 15.6 Å². The van der Waals surface area contributed by atoms with Crippen LogP contribution in [0.1, 0.15) is 5.56 Å². The molecule has 0 spiro atoms. The molecule has 2 heterocycles. The molecule has 0 radical (unpaired) electrons. The number of carbonyl (C=O) groups is 2. The molecular weight excluding hydrogens is 366 g/mol. The number of ether oxygens (including phenoxy) is 1. The lowest BCUT2D eigenvalue weighted by atomic mass is 10.1. The van der Waals surface area contributed by atoms with Crippen molar-refractivity contribution in [3.05, 3.63) is 54.1 Å². The van der Waals surface area contributed by atoms with Crippen LogP contribution in [0.25, 0.3) is 11.1 Å². The van der Waals surface area contributed by atoms with Crippen molar-refractivity contribution in [3.63, 3.8) is 0 Å². The number of anilines is 1. The normalized spacial score (nSPS) is 16.5. The van der Waals surface area contributed by atoms with Crippen LogP contribution in [0.4, 0.5) is 10.8 Å². The van der Waals surface area contributed by atoms with Gasteiger partial charge < -0.3 is 19.8 Å². The van der Waals surface area contributed by atoms with Gasteiger partial charge in [0.25, 0.3) is 11.3 Å². The summed E-state index contributed by atoms with van der Waals surface area (Å²) in [5.41, 5.74) is 2.52. The Morgan fingerprint density at radius 3 is 2.70 bits per heavy atom. The first-order valence-electron chi connectivity index (χ1n) is 8.51. The van der Waals surface area contributed by atoms with Gasteiger partial charge in [-0.2, -0.15) is 4.98 Å². The van der Waals surface area contributed by atoms with Crippen molar-refractivity contribution < 1.29 is 18.7 Å². The van der Waals surface area contributed by atoms with Gasteiger partial charge in [0.2, 0.25) is 5.12 Å². The van der Waals surface area contributed by atoms with Crippen LogP contribution in [-0.2, 0) is 11.2 Å². The molecule has 27 heavy (non-hydrogen) atoms. The Morgan fingerprint density at radius 2 is 1.96 bits per heavy atom. The highest BCUT2D eigenvalue weighted by Gasteiger charge is 2.31. The van der Waals surface area contributed by atoms with Gasteiger partial charge in [-0.1, -0.05) is 24.3 Å². The molecule has 2 aromatic carbocycles. The largest absolute Gasteiger partial charge is 0.492 e. The van der Waals surface area contributed by atoms with Crippen molar-refractivity contribution in [1.82, 2.24) is 10.3 Å². The molecule has 3 aromatic rings. The van der Waals surface area contributed by atoms with Crippen LogP contribution >= 0.6 is 11.8 Å². The van der Waals surface area contributed by atoms with Gasteiger partial charge in [0.05, 0.1) is 6.54 Å². The zero-order valence-corrected chi connectivity index (χ0v) is 15.1. The molecular formula is C19H17N3O4S. The summed E-state index contributed by atoms with van der Waals surface area (Å²) in [5.74, 6) is 0.731. The smallest absolute Gasteiger partial charge is 0.295 e. The predicted octanol–water partition coefficient (Wildman–Crippen LogP) is 3.21. The maximum absolute atomic E-state index is 11.6. The highest BCUT2D eigenvalue weighted by atomic mass is 32.2. The number of nitrogens with zero attached hydrogens (tertiary/aromatic N) is 1. The van der Waals surface area contributed by atoms with Crippen molar-refractivity contribution in [2.45, 2.75) is 12.5 Å². The number of hydrogen-bond donors (Lipinski definition) is 2. The summed E-state index contributed by atoms with van der Waals surface area (Å²) in [6, 6.07) is 15.1. The molecule has 0 aliphatic carbocycles. The van der Waals surface area contributed by atoms with Gasteiger partial charge in [-0.05, 0) is 29.8 Å². The van der Waals surface area contributed by atoms with Gasteiger partial charge in [0, 0.05) is 18.2 Å². The average Bonchev–Trinajstić information content (AvgIpc) is 3.22. The third-order valence-corrected chi connectivity index (χ3v) is 4.86. The number of hydrogen-bond acceptors (Lipinski definition) is 7. The van der Waals surface area contributed by atoms with Crippen molar-refractivity contribution in [2.75, 3.05) is 18.5 Å². The Kier molecular flexibility index (Phi) is 4.97. The minimum absolute atomic E-state index is 0.134. The van der Waals surface area contributed by atoms with E-state index in [0.29, 0.717) is 25.6 Å². The van der Waals surface area contributed by atoms with Crippen LogP contribution in [0.3, 0.4) is 0 Å². The van der Waals surface area contributed by atoms with Gasteiger partial charge in [-0.25, -0.2) is 0 Å². The lowest BCUT2D eigenvalue weighted by Crippen LogP contribution is -2.30. The molecule has 8 heteroatoms. The molecule has 1 aliphatic rings. The van der Waals surface area contributed by atoms with Crippen molar-refractivity contribution >= 4 is 39.2 Å². The van der Waals surface area contributed by atoms with Gasteiger partial charge in [-0.3, -0.25) is 9.59 Å². The lowest BCUT2D eigenvalue weighted by Gasteiger charge is -2.10. The number of para-hydroxylation sites is 2. The molecule has 1 aromatic heterocycles. The average molecular weight is 383 g/mol. The molecule has 4 rings (SSSR count). The number of benzene rings is 2. The monoisotopic (exact) mass is 383 g/mol. The van der Waals surface area contributed by atoms with E-state index in [0.717, 1.165) is 34.2 Å². The van der Waals surface area contributed by atoms with E-state index < -0.39 is 6.04 Å². The van der Waals surface area contributed by atoms with Gasteiger partial charge in [0.1, 0.15) is 23.9 Å². The maximum atomic E-state index is 11.6. The molecule has 0 bridgehead atoms. The summed E-state index contributed by atoms with van der Waals surface area (Å²) in [6.07, 6.45) is 0.483. The maximum Gasteiger partial charge on any atom is 0.295 e. The van der Waals surface area contributed by atoms with Crippen LogP contribution in [0.15, 0.2) is 52.9 Å². The third-order valence-electron chi connectivity index (χ3n) is 4.07. The molecule has 1 unspecified atom stereocenters. The van der Waals surface area contributed by atoms with E-state index in [9.17, 15) is 9.59 Å². The van der Waals surface area contributed by atoms with E-state index in [1.54, 1.807) is 0 Å². The summed E-state index contributed by atoms with van der Waals surface area (Å²) in [4.78, 5) is 27.2. The van der Waals surface area contributed by atoms with Crippen LogP contribution in [0.2, 0.25) is 0 Å². The molecule has 1 fully saturated rings. The van der Waals surface area contributed by atoms with Gasteiger partial charge in [0.15, 0.2) is 5.58 Å². The summed E-state index contributed by atoms with van der Waals surface area (Å²) in [5, 5.41) is 5.33. The molecule has 1 amide bonds. The highest BCUT2D eigenvalue weighted by Crippen LogP contribution is 2.21. The molecule has 1 aliphatic heterocycles. The molecule has 138 valence electrons. The lowest BCUT2D eigenvalue weighted by molar-refractivity contribution is -0.112. The Hall–Kier alpha value is -3.00. The summed E-state index contributed by atoms with van der Waals surface area (Å²) in [7, 11) is 0. The van der Waals surface area contributed by atoms with E-state index in [-0.39, 0.29) is 10.4 Å². The van der Waals surface area contributed by atoms with Crippen molar-refractivity contribution in [2.24, 2.45) is 0 Å². The zero-order valence-electron chi connectivity index (χ0n) is 14.3. The van der Waals surface area contributed by atoms with Crippen LogP contribution in [0.5, 0.6) is 5.75 Å². The molecule has 2 N–H and O–H groups in total. The molecule has 0 saturated carbocycles. The SMILES string of the molecule is O=C1NC(Cc2ccc(OCCNc3nc4ccccc4o3)cc2)C(=O)S1. The predicted molar refractivity (Wildman–Crippen MR) is 103 cm³/mol. The topological polar surface area (TPSA) is 93.5 Å². The minimum atomic E-state index is -0.449. The van der Waals surface area contributed by atoms with Gasteiger partial charge in [-0.15, -0.1) is 0 Å². The fraction of sp³-hybridized carbons (Fsp3) is 0.211. The second-order valence-corrected chi connectivity index (χ2v) is 6.99. The quantitative estimate of drug-likeness (QED) is 0.605. The minimum Gasteiger partial charge on any atom is -0.492 e. The van der Waals surface area contributed by atoms with E-state index in [1.165, 1.54) is 0 Å². The van der Waals surface area contributed by atoms with Crippen molar-refractivity contribution in [3.8, 4) is 5.75 Å². The number of carbonyl (C=O) groups excluding carboxylic acids is 2. The number of oxazole rings is 1. The first-order valence-corrected chi connectivity index (χ1v) is 9.32. The van der Waals surface area contributed by atoms with E-state index >= 15 is 0 Å². The van der Waals surface area contributed by atoms with Crippen LogP contribution in [-0.4, -0.2) is 34.5 Å². The Morgan fingerprint density at radius 1 is 1.15 bits per heavy atom. The molecule has 1 atom stereocenters. The first-order chi connectivity index (χ1) is 13.2. The second-order valence-electron chi connectivity index (χ2n) is 6.02. The number of rotatable bonds is 7. The Bertz CT molecular complexity index is 938. The fourth-order valence-electron chi connectivity index (χ4n) is 2.76. The number of amides is 1. The number of aromatic nitrogens is 1. The summed E-state index contributed by atoms with van der Waals surface area (Å²) in [6.45, 7) is 1.00. The number of thioether (sulfide) groups is 1. The summed E-state index contributed by atoms with van der Waals surface area (Å²) < 4.78 is 11.3. The molecule has 7 nitrogen and oxygen atoms in total. The van der Waals surface area contributed by atoms with E-state index in [1.807, 2.05) is 48.5 Å². The first kappa shape index (κ1) is 17.4. The summed E-state index contributed by atoms with van der Waals surface area (Å²) >= 11 is 0.730. The third kappa shape index (κ3) is 4.22. The zero-order chi connectivity index (χ0) is 18.6. The molecule has 1 saturated heterocycles. The highest BCUT2D eigenvalue weighted by molar-refractivity contribution is 8.26. The number of fused-ring (bicyclic) bond motifs is 1.